The zero-order valence-electron chi connectivity index (χ0n) is 14.3. The fraction of sp³-hybridized carbons (Fsp3) is 0.350. The van der Waals surface area contributed by atoms with Gasteiger partial charge in [0.1, 0.15) is 0 Å². The van der Waals surface area contributed by atoms with Crippen LogP contribution < -0.4 is 5.32 Å². The van der Waals surface area contributed by atoms with Gasteiger partial charge in [0.25, 0.3) is 0 Å². The van der Waals surface area contributed by atoms with E-state index in [9.17, 15) is 4.79 Å². The predicted molar refractivity (Wildman–Crippen MR) is 111 cm³/mol. The summed E-state index contributed by atoms with van der Waals surface area (Å²) < 4.78 is 6.58. The number of carbonyl (C=O) groups is 1. The fourth-order valence-electron chi connectivity index (χ4n) is 3.15. The van der Waals surface area contributed by atoms with Crippen LogP contribution in [0.4, 0.5) is 0 Å². The molecule has 1 N–H and O–H groups in total. The molecule has 26 heavy (non-hydrogen) atoms. The van der Waals surface area contributed by atoms with E-state index in [4.69, 9.17) is 16.3 Å². The monoisotopic (exact) mass is 453 g/mol. The summed E-state index contributed by atoms with van der Waals surface area (Å²) in [6, 6.07) is 15.9. The molecule has 3 nitrogen and oxygen atoms in total. The van der Waals surface area contributed by atoms with Crippen molar-refractivity contribution in [2.45, 2.75) is 23.2 Å². The van der Waals surface area contributed by atoms with Crippen molar-refractivity contribution >= 4 is 45.2 Å². The molecule has 0 atom stereocenters. The van der Waals surface area contributed by atoms with Gasteiger partial charge in [-0.1, -0.05) is 39.7 Å². The summed E-state index contributed by atoms with van der Waals surface area (Å²) in [6.45, 7) is 2.02. The number of carbonyl (C=O) groups excluding carboxylic acids is 1. The number of ether oxygens (including phenoxy) is 1. The highest BCUT2D eigenvalue weighted by Gasteiger charge is 2.35. The number of rotatable bonds is 6. The van der Waals surface area contributed by atoms with Gasteiger partial charge in [0.15, 0.2) is 0 Å². The van der Waals surface area contributed by atoms with Crippen molar-refractivity contribution in [1.82, 2.24) is 5.32 Å². The maximum absolute atomic E-state index is 12.4. The maximum atomic E-state index is 12.4. The third kappa shape index (κ3) is 5.26. The number of nitrogens with one attached hydrogen (secondary N) is 1. The van der Waals surface area contributed by atoms with Gasteiger partial charge in [-0.25, -0.2) is 0 Å². The minimum atomic E-state index is -0.110. The molecule has 6 heteroatoms. The van der Waals surface area contributed by atoms with Gasteiger partial charge in [0.05, 0.1) is 5.75 Å². The second kappa shape index (κ2) is 9.27. The molecule has 1 fully saturated rings. The number of thioether (sulfide) groups is 1. The van der Waals surface area contributed by atoms with Crippen LogP contribution in [0.2, 0.25) is 5.02 Å². The standard InChI is InChI=1S/C20H21BrClNO2S/c21-16-4-6-18(7-5-16)26-13-19(24)23-14-20(8-10-25-11-9-20)15-2-1-3-17(22)12-15/h1-7,12H,8-11,13-14H2,(H,23,24). The molecule has 0 unspecified atom stereocenters. The topological polar surface area (TPSA) is 38.3 Å². The van der Waals surface area contributed by atoms with Gasteiger partial charge in [-0.15, -0.1) is 11.8 Å². The Labute approximate surface area is 172 Å². The number of hydrogen-bond donors (Lipinski definition) is 1. The molecule has 138 valence electrons. The van der Waals surface area contributed by atoms with Crippen LogP contribution in [0, 0.1) is 0 Å². The molecule has 1 saturated heterocycles. The Morgan fingerprint density at radius 3 is 2.62 bits per heavy atom. The second-order valence-corrected chi connectivity index (χ2v) is 8.82. The highest BCUT2D eigenvalue weighted by molar-refractivity contribution is 9.10. The third-order valence-corrected chi connectivity index (χ3v) is 6.47. The number of amides is 1. The summed E-state index contributed by atoms with van der Waals surface area (Å²) in [6.07, 6.45) is 1.76. The van der Waals surface area contributed by atoms with Crippen LogP contribution in [0.25, 0.3) is 0 Å². The van der Waals surface area contributed by atoms with Crippen LogP contribution in [-0.2, 0) is 14.9 Å². The van der Waals surface area contributed by atoms with Crippen molar-refractivity contribution in [3.8, 4) is 0 Å². The van der Waals surface area contributed by atoms with E-state index in [2.05, 4.69) is 27.3 Å². The van der Waals surface area contributed by atoms with Crippen LogP contribution >= 0.6 is 39.3 Å². The SMILES string of the molecule is O=C(CSc1ccc(Br)cc1)NCC1(c2cccc(Cl)c2)CCOCC1. The largest absolute Gasteiger partial charge is 0.381 e. The lowest BCUT2D eigenvalue weighted by molar-refractivity contribution is -0.119. The van der Waals surface area contributed by atoms with Crippen molar-refractivity contribution in [2.75, 3.05) is 25.5 Å². The summed E-state index contributed by atoms with van der Waals surface area (Å²) >= 11 is 11.2. The van der Waals surface area contributed by atoms with E-state index >= 15 is 0 Å². The Kier molecular flexibility index (Phi) is 7.04. The van der Waals surface area contributed by atoms with E-state index in [-0.39, 0.29) is 11.3 Å². The summed E-state index contributed by atoms with van der Waals surface area (Å²) in [5, 5.41) is 3.85. The lowest BCUT2D eigenvalue weighted by Crippen LogP contribution is -2.45. The average Bonchev–Trinajstić information content (AvgIpc) is 2.67. The minimum absolute atomic E-state index is 0.0470. The molecule has 0 spiro atoms. The van der Waals surface area contributed by atoms with E-state index in [1.165, 1.54) is 5.56 Å². The smallest absolute Gasteiger partial charge is 0.230 e. The Bertz CT molecular complexity index is 748. The molecule has 1 aliphatic heterocycles. The fourth-order valence-corrected chi connectivity index (χ4v) is 4.33. The van der Waals surface area contributed by atoms with Crippen LogP contribution in [0.3, 0.4) is 0 Å². The van der Waals surface area contributed by atoms with Gasteiger partial charge >= 0.3 is 0 Å². The number of halogens is 2. The third-order valence-electron chi connectivity index (χ3n) is 4.69. The van der Waals surface area contributed by atoms with E-state index in [1.807, 2.05) is 42.5 Å². The molecule has 2 aromatic rings. The van der Waals surface area contributed by atoms with Crippen molar-refractivity contribution in [3.05, 3.63) is 63.6 Å². The Hall–Kier alpha value is -1.01. The summed E-state index contributed by atoms with van der Waals surface area (Å²) in [7, 11) is 0. The summed E-state index contributed by atoms with van der Waals surface area (Å²) in [5.74, 6) is 0.454. The zero-order chi connectivity index (χ0) is 18.4. The van der Waals surface area contributed by atoms with Crippen molar-refractivity contribution in [3.63, 3.8) is 0 Å². The van der Waals surface area contributed by atoms with Crippen molar-refractivity contribution in [2.24, 2.45) is 0 Å². The molecular formula is C20H21BrClNO2S. The van der Waals surface area contributed by atoms with Crippen molar-refractivity contribution in [1.29, 1.82) is 0 Å². The van der Waals surface area contributed by atoms with Gasteiger partial charge in [0.2, 0.25) is 5.91 Å². The summed E-state index contributed by atoms with van der Waals surface area (Å²) in [5.41, 5.74) is 1.07. The predicted octanol–water partition coefficient (Wildman–Crippen LogP) is 5.06. The number of hydrogen-bond acceptors (Lipinski definition) is 3. The molecule has 0 bridgehead atoms. The Balaban J connectivity index is 1.60. The quantitative estimate of drug-likeness (QED) is 0.620. The van der Waals surface area contributed by atoms with Gasteiger partial charge in [-0.05, 0) is 54.8 Å². The van der Waals surface area contributed by atoms with E-state index in [1.54, 1.807) is 11.8 Å². The van der Waals surface area contributed by atoms with E-state index in [0.29, 0.717) is 25.5 Å². The maximum Gasteiger partial charge on any atom is 0.230 e. The highest BCUT2D eigenvalue weighted by atomic mass is 79.9. The molecule has 2 aromatic carbocycles. The van der Waals surface area contributed by atoms with Gasteiger partial charge in [-0.3, -0.25) is 4.79 Å². The molecule has 0 aliphatic carbocycles. The number of benzene rings is 2. The van der Waals surface area contributed by atoms with Gasteiger partial charge in [-0.2, -0.15) is 0 Å². The van der Waals surface area contributed by atoms with Crippen LogP contribution in [0.15, 0.2) is 57.9 Å². The Morgan fingerprint density at radius 2 is 1.92 bits per heavy atom. The van der Waals surface area contributed by atoms with Gasteiger partial charge in [0, 0.05) is 39.6 Å². The normalized spacial score (nSPS) is 16.2. The van der Waals surface area contributed by atoms with Gasteiger partial charge < -0.3 is 10.1 Å². The minimum Gasteiger partial charge on any atom is -0.381 e. The molecule has 1 aliphatic rings. The molecule has 0 saturated carbocycles. The molecule has 0 radical (unpaired) electrons. The first-order chi connectivity index (χ1) is 12.6. The highest BCUT2D eigenvalue weighted by Crippen LogP contribution is 2.35. The first-order valence-electron chi connectivity index (χ1n) is 8.56. The molecular weight excluding hydrogens is 434 g/mol. The summed E-state index contributed by atoms with van der Waals surface area (Å²) in [4.78, 5) is 13.5. The molecule has 1 amide bonds. The van der Waals surface area contributed by atoms with Crippen LogP contribution in [-0.4, -0.2) is 31.4 Å². The zero-order valence-corrected chi connectivity index (χ0v) is 17.5. The van der Waals surface area contributed by atoms with E-state index in [0.717, 1.165) is 27.2 Å². The lowest BCUT2D eigenvalue weighted by Gasteiger charge is -2.38. The Morgan fingerprint density at radius 1 is 1.19 bits per heavy atom. The van der Waals surface area contributed by atoms with Crippen LogP contribution in [0.5, 0.6) is 0 Å². The first kappa shape index (κ1) is 19.7. The first-order valence-corrected chi connectivity index (χ1v) is 10.7. The molecule has 3 rings (SSSR count). The average molecular weight is 455 g/mol. The van der Waals surface area contributed by atoms with E-state index < -0.39 is 0 Å². The lowest BCUT2D eigenvalue weighted by atomic mass is 9.74. The van der Waals surface area contributed by atoms with Crippen LogP contribution in [0.1, 0.15) is 18.4 Å². The second-order valence-electron chi connectivity index (χ2n) is 6.42. The van der Waals surface area contributed by atoms with Crippen molar-refractivity contribution < 1.29 is 9.53 Å². The molecule has 0 aromatic heterocycles. The molecule has 1 heterocycles.